The van der Waals surface area contributed by atoms with Gasteiger partial charge in [0.15, 0.2) is 5.65 Å². The summed E-state index contributed by atoms with van der Waals surface area (Å²) in [5.74, 6) is 1.36. The van der Waals surface area contributed by atoms with E-state index in [4.69, 9.17) is 14.2 Å². The topological polar surface area (TPSA) is 86.3 Å². The van der Waals surface area contributed by atoms with Crippen LogP contribution in [0.15, 0.2) is 24.3 Å². The van der Waals surface area contributed by atoms with E-state index in [1.807, 2.05) is 6.92 Å². The number of H-pyrrole nitrogens is 1. The van der Waals surface area contributed by atoms with Gasteiger partial charge in [-0.3, -0.25) is 9.89 Å². The second kappa shape index (κ2) is 6.19. The highest BCUT2D eigenvalue weighted by Crippen LogP contribution is 2.31. The number of aromatic amines is 1. The van der Waals surface area contributed by atoms with Crippen molar-refractivity contribution in [2.24, 2.45) is 0 Å². The van der Waals surface area contributed by atoms with Crippen LogP contribution in [-0.2, 0) is 0 Å². The zero-order valence-electron chi connectivity index (χ0n) is 13.8. The molecule has 7 heteroatoms. The first-order valence-electron chi connectivity index (χ1n) is 7.25. The summed E-state index contributed by atoms with van der Waals surface area (Å²) >= 11 is 0. The molecule has 0 saturated carbocycles. The van der Waals surface area contributed by atoms with Crippen LogP contribution in [0.2, 0.25) is 0 Å². The van der Waals surface area contributed by atoms with Crippen LogP contribution in [0.25, 0.3) is 11.0 Å². The van der Waals surface area contributed by atoms with Gasteiger partial charge in [0.25, 0.3) is 0 Å². The van der Waals surface area contributed by atoms with Gasteiger partial charge in [0.05, 0.1) is 26.7 Å². The van der Waals surface area contributed by atoms with Gasteiger partial charge in [-0.1, -0.05) is 0 Å². The molecule has 3 aromatic rings. The van der Waals surface area contributed by atoms with Gasteiger partial charge in [0.2, 0.25) is 11.7 Å². The summed E-state index contributed by atoms with van der Waals surface area (Å²) < 4.78 is 15.7. The fourth-order valence-electron chi connectivity index (χ4n) is 2.53. The lowest BCUT2D eigenvalue weighted by Gasteiger charge is -2.11. The van der Waals surface area contributed by atoms with Gasteiger partial charge in [-0.05, 0) is 25.1 Å². The smallest absolute Gasteiger partial charge is 0.214 e. The lowest BCUT2D eigenvalue weighted by Crippen LogP contribution is -2.05. The van der Waals surface area contributed by atoms with Gasteiger partial charge in [-0.15, -0.1) is 0 Å². The molecule has 0 aliphatic carbocycles. The van der Waals surface area contributed by atoms with E-state index in [2.05, 4.69) is 15.2 Å². The predicted octanol–water partition coefficient (Wildman–Crippen LogP) is 2.52. The normalized spacial score (nSPS) is 10.7. The van der Waals surface area contributed by atoms with Gasteiger partial charge >= 0.3 is 0 Å². The van der Waals surface area contributed by atoms with Crippen LogP contribution in [0.1, 0.15) is 21.6 Å². The van der Waals surface area contributed by atoms with E-state index < -0.39 is 0 Å². The molecule has 0 fully saturated rings. The summed E-state index contributed by atoms with van der Waals surface area (Å²) in [6.07, 6.45) is 0. The number of carbonyl (C=O) groups excluding carboxylic acids is 1. The molecule has 0 bridgehead atoms. The average molecular weight is 327 g/mol. The Morgan fingerprint density at radius 1 is 1.04 bits per heavy atom. The summed E-state index contributed by atoms with van der Waals surface area (Å²) in [5.41, 5.74) is 2.03. The van der Waals surface area contributed by atoms with E-state index in [-0.39, 0.29) is 11.5 Å². The Kier molecular flexibility index (Phi) is 4.07. The van der Waals surface area contributed by atoms with E-state index in [1.54, 1.807) is 38.5 Å². The molecule has 0 spiro atoms. The highest BCUT2D eigenvalue weighted by molar-refractivity contribution is 6.14. The third kappa shape index (κ3) is 2.54. The lowest BCUT2D eigenvalue weighted by atomic mass is 10.0. The molecular formula is C17H17N3O4. The van der Waals surface area contributed by atoms with Crippen molar-refractivity contribution in [1.82, 2.24) is 15.2 Å². The van der Waals surface area contributed by atoms with Crippen LogP contribution in [0.3, 0.4) is 0 Å². The number of benzene rings is 1. The number of nitrogens with one attached hydrogen (secondary N) is 1. The van der Waals surface area contributed by atoms with Crippen molar-refractivity contribution in [3.05, 3.63) is 41.1 Å². The monoisotopic (exact) mass is 327 g/mol. The zero-order chi connectivity index (χ0) is 17.3. The van der Waals surface area contributed by atoms with Crippen molar-refractivity contribution in [2.45, 2.75) is 6.92 Å². The Hall–Kier alpha value is -3.09. The molecule has 1 aromatic carbocycles. The second-order valence-electron chi connectivity index (χ2n) is 5.16. The summed E-state index contributed by atoms with van der Waals surface area (Å²) in [5, 5.41) is 7.49. The van der Waals surface area contributed by atoms with Crippen molar-refractivity contribution in [1.29, 1.82) is 0 Å². The number of aromatic nitrogens is 3. The maximum Gasteiger partial charge on any atom is 0.214 e. The van der Waals surface area contributed by atoms with Crippen LogP contribution in [0.4, 0.5) is 0 Å². The Balaban J connectivity index is 2.09. The van der Waals surface area contributed by atoms with E-state index in [1.165, 1.54) is 7.11 Å². The van der Waals surface area contributed by atoms with Crippen LogP contribution < -0.4 is 14.2 Å². The van der Waals surface area contributed by atoms with Crippen LogP contribution >= 0.6 is 0 Å². The largest absolute Gasteiger partial charge is 0.496 e. The molecule has 24 heavy (non-hydrogen) atoms. The maximum atomic E-state index is 12.9. The summed E-state index contributed by atoms with van der Waals surface area (Å²) in [6, 6.07) is 6.79. The first-order valence-corrected chi connectivity index (χ1v) is 7.25. The van der Waals surface area contributed by atoms with Gasteiger partial charge < -0.3 is 14.2 Å². The van der Waals surface area contributed by atoms with Crippen molar-refractivity contribution < 1.29 is 19.0 Å². The Morgan fingerprint density at radius 3 is 2.29 bits per heavy atom. The van der Waals surface area contributed by atoms with Crippen molar-refractivity contribution >= 4 is 16.8 Å². The molecule has 2 heterocycles. The van der Waals surface area contributed by atoms with E-state index in [9.17, 15) is 4.79 Å². The number of pyridine rings is 1. The average Bonchev–Trinajstić information content (AvgIpc) is 3.04. The third-order valence-electron chi connectivity index (χ3n) is 3.84. The molecule has 0 aliphatic heterocycles. The van der Waals surface area contributed by atoms with Gasteiger partial charge in [0.1, 0.15) is 17.2 Å². The summed E-state index contributed by atoms with van der Waals surface area (Å²) in [4.78, 5) is 17.1. The van der Waals surface area contributed by atoms with E-state index >= 15 is 0 Å². The minimum absolute atomic E-state index is 0.246. The molecule has 0 saturated heterocycles. The standard InChI is InChI=1S/C17H17N3O4/c1-9-12(22-2)7-10(8-13(9)23-3)16(21)15-11-5-6-14(24-4)18-17(11)20-19-15/h5-8H,1-4H3,(H,18,19,20). The maximum absolute atomic E-state index is 12.9. The third-order valence-corrected chi connectivity index (χ3v) is 3.84. The molecule has 0 radical (unpaired) electrons. The fourth-order valence-corrected chi connectivity index (χ4v) is 2.53. The number of carbonyl (C=O) groups is 1. The number of ether oxygens (including phenoxy) is 3. The summed E-state index contributed by atoms with van der Waals surface area (Å²) in [7, 11) is 4.63. The highest BCUT2D eigenvalue weighted by atomic mass is 16.5. The van der Waals surface area contributed by atoms with Crippen molar-refractivity contribution in [3.63, 3.8) is 0 Å². The number of nitrogens with zero attached hydrogens (tertiary/aromatic N) is 2. The van der Waals surface area contributed by atoms with Crippen LogP contribution in [-0.4, -0.2) is 42.3 Å². The summed E-state index contributed by atoms with van der Waals surface area (Å²) in [6.45, 7) is 1.87. The minimum Gasteiger partial charge on any atom is -0.496 e. The number of hydrogen-bond acceptors (Lipinski definition) is 6. The number of methoxy groups -OCH3 is 3. The van der Waals surface area contributed by atoms with Crippen molar-refractivity contribution in [2.75, 3.05) is 21.3 Å². The van der Waals surface area contributed by atoms with E-state index in [0.29, 0.717) is 34.0 Å². The molecule has 3 rings (SSSR count). The fraction of sp³-hybridized carbons (Fsp3) is 0.235. The van der Waals surface area contributed by atoms with Crippen LogP contribution in [0.5, 0.6) is 17.4 Å². The highest BCUT2D eigenvalue weighted by Gasteiger charge is 2.20. The van der Waals surface area contributed by atoms with Crippen molar-refractivity contribution in [3.8, 4) is 17.4 Å². The number of rotatable bonds is 5. The molecule has 1 N–H and O–H groups in total. The molecule has 0 atom stereocenters. The molecule has 7 nitrogen and oxygen atoms in total. The number of ketones is 1. The molecule has 2 aromatic heterocycles. The van der Waals surface area contributed by atoms with Gasteiger partial charge in [-0.25, -0.2) is 0 Å². The number of fused-ring (bicyclic) bond motifs is 1. The van der Waals surface area contributed by atoms with Gasteiger partial charge in [-0.2, -0.15) is 10.1 Å². The molecule has 0 unspecified atom stereocenters. The molecule has 0 aliphatic rings. The molecular weight excluding hydrogens is 310 g/mol. The Morgan fingerprint density at radius 2 is 1.71 bits per heavy atom. The lowest BCUT2D eigenvalue weighted by molar-refractivity contribution is 0.103. The Bertz CT molecular complexity index is 892. The zero-order valence-corrected chi connectivity index (χ0v) is 13.8. The predicted molar refractivity (Wildman–Crippen MR) is 88.2 cm³/mol. The minimum atomic E-state index is -0.246. The SMILES string of the molecule is COc1ccc2c(C(=O)c3cc(OC)c(C)c(OC)c3)n[nH]c2n1. The first-order chi connectivity index (χ1) is 11.6. The number of hydrogen-bond donors (Lipinski definition) is 1. The van der Waals surface area contributed by atoms with Gasteiger partial charge in [0, 0.05) is 17.2 Å². The first kappa shape index (κ1) is 15.8. The van der Waals surface area contributed by atoms with Crippen LogP contribution in [0, 0.1) is 6.92 Å². The van der Waals surface area contributed by atoms with E-state index in [0.717, 1.165) is 5.56 Å². The molecule has 124 valence electrons. The quantitative estimate of drug-likeness (QED) is 0.725. The second-order valence-corrected chi connectivity index (χ2v) is 5.16. The molecule has 0 amide bonds. The Labute approximate surface area is 138 Å².